The molecule has 0 radical (unpaired) electrons. The Labute approximate surface area is 152 Å². The zero-order chi connectivity index (χ0) is 17.4. The van der Waals surface area contributed by atoms with Crippen molar-refractivity contribution in [3.63, 3.8) is 0 Å². The number of benzene rings is 1. The molecule has 0 unspecified atom stereocenters. The molecule has 25 heavy (non-hydrogen) atoms. The Morgan fingerprint density at radius 3 is 3.04 bits per heavy atom. The largest absolute Gasteiger partial charge is 0.486 e. The fraction of sp³-hybridized carbons (Fsp3) is 0.294. The highest BCUT2D eigenvalue weighted by Gasteiger charge is 2.43. The summed E-state index contributed by atoms with van der Waals surface area (Å²) in [4.78, 5) is 19.1. The standard InChI is InChI=1S/C17H15ClFN3O2S/c18-13-2-9-1-10(5-20-17(23)12-3-14(12)19)22-15(9)4-16(13)24-6-11-7-25-8-21-11/h1-2,4,7-8,12,14,22H,3,5-6H2,(H,20,23)/t12-,14+/m0/s1. The van der Waals surface area contributed by atoms with Crippen LogP contribution in [0.4, 0.5) is 4.39 Å². The number of hydrogen-bond donors (Lipinski definition) is 2. The molecule has 1 aliphatic carbocycles. The Morgan fingerprint density at radius 2 is 2.32 bits per heavy atom. The van der Waals surface area contributed by atoms with Gasteiger partial charge in [0.05, 0.1) is 28.7 Å². The molecule has 130 valence electrons. The van der Waals surface area contributed by atoms with Crippen LogP contribution in [0.3, 0.4) is 0 Å². The maximum atomic E-state index is 12.9. The highest BCUT2D eigenvalue weighted by molar-refractivity contribution is 7.07. The van der Waals surface area contributed by atoms with E-state index in [-0.39, 0.29) is 5.91 Å². The van der Waals surface area contributed by atoms with Crippen LogP contribution in [0.5, 0.6) is 5.75 Å². The number of ether oxygens (including phenoxy) is 1. The summed E-state index contributed by atoms with van der Waals surface area (Å²) in [7, 11) is 0. The molecule has 1 aliphatic rings. The fourth-order valence-electron chi connectivity index (χ4n) is 2.61. The summed E-state index contributed by atoms with van der Waals surface area (Å²) in [5.74, 6) is -0.154. The molecule has 2 heterocycles. The lowest BCUT2D eigenvalue weighted by Gasteiger charge is -2.06. The molecule has 2 aromatic heterocycles. The van der Waals surface area contributed by atoms with Crippen LogP contribution in [0.1, 0.15) is 17.8 Å². The molecule has 1 saturated carbocycles. The first-order valence-electron chi connectivity index (χ1n) is 7.83. The van der Waals surface area contributed by atoms with Crippen LogP contribution in [-0.2, 0) is 17.9 Å². The number of H-pyrrole nitrogens is 1. The van der Waals surface area contributed by atoms with E-state index in [0.717, 1.165) is 22.3 Å². The fourth-order valence-corrected chi connectivity index (χ4v) is 3.38. The van der Waals surface area contributed by atoms with Gasteiger partial charge in [0.25, 0.3) is 0 Å². The van der Waals surface area contributed by atoms with E-state index in [4.69, 9.17) is 16.3 Å². The molecule has 2 N–H and O–H groups in total. The zero-order valence-electron chi connectivity index (χ0n) is 13.1. The van der Waals surface area contributed by atoms with E-state index in [1.54, 1.807) is 5.51 Å². The van der Waals surface area contributed by atoms with Crippen LogP contribution in [0.25, 0.3) is 10.9 Å². The molecule has 5 nitrogen and oxygen atoms in total. The van der Waals surface area contributed by atoms with Gasteiger partial charge in [-0.05, 0) is 18.6 Å². The van der Waals surface area contributed by atoms with E-state index in [0.29, 0.717) is 30.3 Å². The molecule has 0 spiro atoms. The number of carbonyl (C=O) groups is 1. The topological polar surface area (TPSA) is 67.0 Å². The number of rotatable bonds is 6. The van der Waals surface area contributed by atoms with Gasteiger partial charge in [0, 0.05) is 28.0 Å². The molecule has 8 heteroatoms. The van der Waals surface area contributed by atoms with Crippen molar-refractivity contribution in [2.45, 2.75) is 25.7 Å². The minimum atomic E-state index is -0.987. The van der Waals surface area contributed by atoms with Crippen LogP contribution in [0, 0.1) is 5.92 Å². The predicted octanol–water partition coefficient (Wildman–Crippen LogP) is 3.83. The van der Waals surface area contributed by atoms with E-state index in [1.807, 2.05) is 23.6 Å². The van der Waals surface area contributed by atoms with Gasteiger partial charge < -0.3 is 15.0 Å². The molecular weight excluding hydrogens is 365 g/mol. The molecule has 0 bridgehead atoms. The first kappa shape index (κ1) is 16.4. The Hall–Kier alpha value is -2.12. The lowest BCUT2D eigenvalue weighted by molar-refractivity contribution is -0.122. The SMILES string of the molecule is O=C(NCc1cc2cc(Cl)c(OCc3cscn3)cc2[nH]1)[C@H]1C[C@H]1F. The van der Waals surface area contributed by atoms with Gasteiger partial charge in [-0.1, -0.05) is 11.6 Å². The summed E-state index contributed by atoms with van der Waals surface area (Å²) in [5.41, 5.74) is 4.29. The van der Waals surface area contributed by atoms with Crippen molar-refractivity contribution in [1.82, 2.24) is 15.3 Å². The maximum absolute atomic E-state index is 12.9. The van der Waals surface area contributed by atoms with E-state index >= 15 is 0 Å². The van der Waals surface area contributed by atoms with E-state index in [2.05, 4.69) is 15.3 Å². The van der Waals surface area contributed by atoms with Gasteiger partial charge in [-0.3, -0.25) is 4.79 Å². The third-order valence-corrected chi connectivity index (χ3v) is 5.02. The molecule has 1 aromatic carbocycles. The van der Waals surface area contributed by atoms with Crippen molar-refractivity contribution < 1.29 is 13.9 Å². The predicted molar refractivity (Wildman–Crippen MR) is 94.6 cm³/mol. The van der Waals surface area contributed by atoms with Gasteiger partial charge in [-0.15, -0.1) is 11.3 Å². The highest BCUT2D eigenvalue weighted by atomic mass is 35.5. The molecule has 1 amide bonds. The second kappa shape index (κ2) is 6.65. The van der Waals surface area contributed by atoms with E-state index in [9.17, 15) is 9.18 Å². The Morgan fingerprint density at radius 1 is 1.48 bits per heavy atom. The lowest BCUT2D eigenvalue weighted by atomic mass is 10.2. The minimum Gasteiger partial charge on any atom is -0.486 e. The maximum Gasteiger partial charge on any atom is 0.226 e. The number of fused-ring (bicyclic) bond motifs is 1. The zero-order valence-corrected chi connectivity index (χ0v) is 14.7. The Balaban J connectivity index is 1.45. The van der Waals surface area contributed by atoms with Crippen molar-refractivity contribution >= 4 is 39.7 Å². The summed E-state index contributed by atoms with van der Waals surface area (Å²) < 4.78 is 18.6. The normalized spacial score (nSPS) is 19.1. The van der Waals surface area contributed by atoms with Gasteiger partial charge in [0.1, 0.15) is 18.5 Å². The number of hydrogen-bond acceptors (Lipinski definition) is 4. The van der Waals surface area contributed by atoms with Crippen LogP contribution in [0.15, 0.2) is 29.1 Å². The van der Waals surface area contributed by atoms with Crippen LogP contribution >= 0.6 is 22.9 Å². The number of nitrogens with one attached hydrogen (secondary N) is 2. The summed E-state index contributed by atoms with van der Waals surface area (Å²) in [6.45, 7) is 0.674. The van der Waals surface area contributed by atoms with Gasteiger partial charge in [-0.2, -0.15) is 0 Å². The molecule has 0 saturated heterocycles. The van der Waals surface area contributed by atoms with E-state index in [1.165, 1.54) is 11.3 Å². The van der Waals surface area contributed by atoms with Crippen LogP contribution < -0.4 is 10.1 Å². The summed E-state index contributed by atoms with van der Waals surface area (Å²) in [6, 6.07) is 5.55. The number of nitrogens with zero attached hydrogens (tertiary/aromatic N) is 1. The molecule has 2 atom stereocenters. The summed E-state index contributed by atoms with van der Waals surface area (Å²) in [6.07, 6.45) is -0.660. The van der Waals surface area contributed by atoms with Crippen molar-refractivity contribution in [2.75, 3.05) is 0 Å². The molecule has 0 aliphatic heterocycles. The third-order valence-electron chi connectivity index (χ3n) is 4.09. The average molecular weight is 380 g/mol. The summed E-state index contributed by atoms with van der Waals surface area (Å²) in [5, 5.41) is 6.10. The molecule has 4 rings (SSSR count). The third kappa shape index (κ3) is 3.62. The van der Waals surface area contributed by atoms with E-state index < -0.39 is 12.1 Å². The number of aromatic amines is 1. The van der Waals surface area contributed by atoms with Gasteiger partial charge in [0.2, 0.25) is 5.91 Å². The number of amides is 1. The average Bonchev–Trinajstić information content (AvgIpc) is 3.00. The minimum absolute atomic E-state index is 0.239. The first-order chi connectivity index (χ1) is 12.1. The number of alkyl halides is 1. The van der Waals surface area contributed by atoms with Crippen molar-refractivity contribution in [3.8, 4) is 5.75 Å². The Kier molecular flexibility index (Phi) is 4.35. The smallest absolute Gasteiger partial charge is 0.226 e. The molecule has 1 fully saturated rings. The highest BCUT2D eigenvalue weighted by Crippen LogP contribution is 2.34. The second-order valence-corrected chi connectivity index (χ2v) is 7.13. The van der Waals surface area contributed by atoms with Crippen molar-refractivity contribution in [3.05, 3.63) is 45.5 Å². The van der Waals surface area contributed by atoms with Crippen molar-refractivity contribution in [2.24, 2.45) is 5.92 Å². The molecular formula is C17H15ClFN3O2S. The lowest BCUT2D eigenvalue weighted by Crippen LogP contribution is -2.25. The number of aromatic nitrogens is 2. The van der Waals surface area contributed by atoms with Crippen LogP contribution in [-0.4, -0.2) is 22.0 Å². The summed E-state index contributed by atoms with van der Waals surface area (Å²) >= 11 is 7.79. The first-order valence-corrected chi connectivity index (χ1v) is 9.15. The van der Waals surface area contributed by atoms with Gasteiger partial charge in [0.15, 0.2) is 0 Å². The van der Waals surface area contributed by atoms with Crippen LogP contribution in [0.2, 0.25) is 5.02 Å². The number of halogens is 2. The quantitative estimate of drug-likeness (QED) is 0.684. The number of carbonyl (C=O) groups excluding carboxylic acids is 1. The van der Waals surface area contributed by atoms with Gasteiger partial charge in [-0.25, -0.2) is 9.37 Å². The Bertz CT molecular complexity index is 912. The number of thiazole rings is 1. The molecule has 3 aromatic rings. The van der Waals surface area contributed by atoms with Gasteiger partial charge >= 0.3 is 0 Å². The monoisotopic (exact) mass is 379 g/mol. The van der Waals surface area contributed by atoms with Crippen molar-refractivity contribution in [1.29, 1.82) is 0 Å². The second-order valence-electron chi connectivity index (χ2n) is 6.01.